The lowest BCUT2D eigenvalue weighted by Crippen LogP contribution is -2.49. The molecule has 0 aliphatic carbocycles. The summed E-state index contributed by atoms with van der Waals surface area (Å²) in [5.74, 6) is 0.445. The molecule has 9 heteroatoms. The number of hydrogen-bond donors (Lipinski definition) is 1. The number of methoxy groups -OCH3 is 2. The molecule has 0 bridgehead atoms. The summed E-state index contributed by atoms with van der Waals surface area (Å²) < 4.78 is 51.0. The molecule has 0 amide bonds. The van der Waals surface area contributed by atoms with Crippen LogP contribution in [0.1, 0.15) is 11.6 Å². The smallest absolute Gasteiger partial charge is 0.408 e. The van der Waals surface area contributed by atoms with Gasteiger partial charge in [-0.3, -0.25) is 4.90 Å². The van der Waals surface area contributed by atoms with Crippen LogP contribution in [0, 0.1) is 0 Å². The zero-order valence-corrected chi connectivity index (χ0v) is 14.5. The second kappa shape index (κ2) is 9.42. The van der Waals surface area contributed by atoms with Crippen LogP contribution >= 0.6 is 24.8 Å². The highest BCUT2D eigenvalue weighted by Crippen LogP contribution is 2.44. The molecule has 0 radical (unpaired) electrons. The molecule has 1 aromatic carbocycles. The molecule has 0 saturated carbocycles. The van der Waals surface area contributed by atoms with Gasteiger partial charge >= 0.3 is 6.18 Å². The van der Waals surface area contributed by atoms with Crippen LogP contribution in [0.5, 0.6) is 11.5 Å². The number of para-hydroxylation sites is 1. The molecule has 1 heterocycles. The van der Waals surface area contributed by atoms with Crippen molar-refractivity contribution in [2.75, 3.05) is 40.4 Å². The first-order valence-electron chi connectivity index (χ1n) is 6.71. The van der Waals surface area contributed by atoms with E-state index in [1.54, 1.807) is 12.1 Å². The Bertz CT molecular complexity index is 484. The van der Waals surface area contributed by atoms with Gasteiger partial charge in [-0.15, -0.1) is 24.8 Å². The maximum atomic E-state index is 13.6. The van der Waals surface area contributed by atoms with Crippen LogP contribution in [0.4, 0.5) is 13.2 Å². The Hall–Kier alpha value is -0.890. The number of rotatable bonds is 4. The third-order valence-electron chi connectivity index (χ3n) is 3.55. The van der Waals surface area contributed by atoms with Gasteiger partial charge in [-0.2, -0.15) is 13.2 Å². The summed E-state index contributed by atoms with van der Waals surface area (Å²) in [6.07, 6.45) is -4.38. The van der Waals surface area contributed by atoms with Crippen LogP contribution in [0.25, 0.3) is 0 Å². The molecule has 0 spiro atoms. The lowest BCUT2D eigenvalue weighted by molar-refractivity contribution is -0.188. The van der Waals surface area contributed by atoms with E-state index in [1.165, 1.54) is 25.2 Å². The summed E-state index contributed by atoms with van der Waals surface area (Å²) >= 11 is 0. The van der Waals surface area contributed by atoms with E-state index in [2.05, 4.69) is 5.32 Å². The van der Waals surface area contributed by atoms with Gasteiger partial charge in [-0.25, -0.2) is 0 Å². The minimum absolute atomic E-state index is 0. The van der Waals surface area contributed by atoms with Crippen LogP contribution in [-0.2, 0) is 0 Å². The first kappa shape index (κ1) is 22.1. The molecule has 1 fully saturated rings. The maximum absolute atomic E-state index is 13.6. The predicted octanol–water partition coefficient (Wildman–Crippen LogP) is 3.06. The molecule has 1 aromatic rings. The lowest BCUT2D eigenvalue weighted by Gasteiger charge is -2.36. The topological polar surface area (TPSA) is 33.7 Å². The van der Waals surface area contributed by atoms with E-state index in [9.17, 15) is 13.2 Å². The van der Waals surface area contributed by atoms with E-state index in [0.717, 1.165) is 0 Å². The molecule has 1 aliphatic rings. The number of ether oxygens (including phenoxy) is 2. The summed E-state index contributed by atoms with van der Waals surface area (Å²) in [5, 5.41) is 3.06. The lowest BCUT2D eigenvalue weighted by atomic mass is 10.0. The van der Waals surface area contributed by atoms with E-state index >= 15 is 0 Å². The molecular formula is C14H21Cl2F3N2O2. The van der Waals surface area contributed by atoms with E-state index < -0.39 is 12.2 Å². The van der Waals surface area contributed by atoms with Gasteiger partial charge in [-0.05, 0) is 6.07 Å². The number of halogens is 5. The molecular weight excluding hydrogens is 356 g/mol. The number of nitrogens with zero attached hydrogens (tertiary/aromatic N) is 1. The van der Waals surface area contributed by atoms with Crippen molar-refractivity contribution < 1.29 is 22.6 Å². The highest BCUT2D eigenvalue weighted by atomic mass is 35.5. The normalized spacial score (nSPS) is 16.7. The second-order valence-corrected chi connectivity index (χ2v) is 4.81. The fourth-order valence-corrected chi connectivity index (χ4v) is 2.65. The Labute approximate surface area is 146 Å². The van der Waals surface area contributed by atoms with E-state index in [1.807, 2.05) is 0 Å². The number of piperazine rings is 1. The molecule has 1 saturated heterocycles. The molecule has 1 N–H and O–H groups in total. The van der Waals surface area contributed by atoms with Crippen molar-refractivity contribution in [1.29, 1.82) is 0 Å². The number of nitrogens with one attached hydrogen (secondary N) is 1. The summed E-state index contributed by atoms with van der Waals surface area (Å²) in [5.41, 5.74) is 0.0891. The van der Waals surface area contributed by atoms with Crippen molar-refractivity contribution in [2.45, 2.75) is 12.2 Å². The number of alkyl halides is 3. The molecule has 2 rings (SSSR count). The van der Waals surface area contributed by atoms with Crippen LogP contribution in [0.2, 0.25) is 0 Å². The summed E-state index contributed by atoms with van der Waals surface area (Å²) in [6.45, 7) is 1.76. The summed E-state index contributed by atoms with van der Waals surface area (Å²) in [7, 11) is 2.77. The van der Waals surface area contributed by atoms with Gasteiger partial charge in [-0.1, -0.05) is 12.1 Å². The molecule has 1 aliphatic heterocycles. The SMILES string of the molecule is COc1cccc([C@H](N2CCNCC2)C(F)(F)F)c1OC.Cl.Cl. The Morgan fingerprint density at radius 3 is 2.17 bits per heavy atom. The summed E-state index contributed by atoms with van der Waals surface area (Å²) in [6, 6.07) is 2.90. The van der Waals surface area contributed by atoms with E-state index in [0.29, 0.717) is 31.9 Å². The molecule has 134 valence electrons. The van der Waals surface area contributed by atoms with Gasteiger partial charge in [0.2, 0.25) is 0 Å². The van der Waals surface area contributed by atoms with Crippen molar-refractivity contribution in [3.05, 3.63) is 23.8 Å². The first-order chi connectivity index (χ1) is 9.99. The zero-order valence-electron chi connectivity index (χ0n) is 12.9. The average Bonchev–Trinajstić information content (AvgIpc) is 2.46. The number of hydrogen-bond acceptors (Lipinski definition) is 4. The molecule has 0 aromatic heterocycles. The van der Waals surface area contributed by atoms with Crippen molar-refractivity contribution in [2.24, 2.45) is 0 Å². The Morgan fingerprint density at radius 1 is 1.09 bits per heavy atom. The molecule has 1 atom stereocenters. The molecule has 4 nitrogen and oxygen atoms in total. The highest BCUT2D eigenvalue weighted by Gasteiger charge is 2.46. The van der Waals surface area contributed by atoms with E-state index in [-0.39, 0.29) is 36.1 Å². The van der Waals surface area contributed by atoms with Crippen molar-refractivity contribution in [1.82, 2.24) is 10.2 Å². The van der Waals surface area contributed by atoms with Gasteiger partial charge in [0, 0.05) is 31.7 Å². The van der Waals surface area contributed by atoms with Crippen LogP contribution < -0.4 is 14.8 Å². The monoisotopic (exact) mass is 376 g/mol. The fourth-order valence-electron chi connectivity index (χ4n) is 2.65. The average molecular weight is 377 g/mol. The van der Waals surface area contributed by atoms with Crippen LogP contribution in [-0.4, -0.2) is 51.5 Å². The van der Waals surface area contributed by atoms with Gasteiger partial charge in [0.05, 0.1) is 14.2 Å². The van der Waals surface area contributed by atoms with Crippen LogP contribution in [0.15, 0.2) is 18.2 Å². The van der Waals surface area contributed by atoms with Gasteiger partial charge in [0.25, 0.3) is 0 Å². The fraction of sp³-hybridized carbons (Fsp3) is 0.571. The van der Waals surface area contributed by atoms with E-state index in [4.69, 9.17) is 9.47 Å². The number of benzene rings is 1. The van der Waals surface area contributed by atoms with Gasteiger partial charge in [0.15, 0.2) is 11.5 Å². The Balaban J connectivity index is 0.00000242. The Morgan fingerprint density at radius 2 is 1.70 bits per heavy atom. The van der Waals surface area contributed by atoms with Gasteiger partial charge in [0.1, 0.15) is 6.04 Å². The minimum Gasteiger partial charge on any atom is -0.493 e. The Kier molecular flexibility index (Phi) is 9.05. The zero-order chi connectivity index (χ0) is 15.5. The van der Waals surface area contributed by atoms with Crippen LogP contribution in [0.3, 0.4) is 0 Å². The maximum Gasteiger partial charge on any atom is 0.408 e. The molecule has 23 heavy (non-hydrogen) atoms. The van der Waals surface area contributed by atoms with Crippen molar-refractivity contribution >= 4 is 24.8 Å². The second-order valence-electron chi connectivity index (χ2n) is 4.81. The third kappa shape index (κ3) is 5.04. The summed E-state index contributed by atoms with van der Waals surface area (Å²) in [4.78, 5) is 1.42. The van der Waals surface area contributed by atoms with Crippen molar-refractivity contribution in [3.63, 3.8) is 0 Å². The third-order valence-corrected chi connectivity index (χ3v) is 3.55. The quantitative estimate of drug-likeness (QED) is 0.875. The predicted molar refractivity (Wildman–Crippen MR) is 87.3 cm³/mol. The first-order valence-corrected chi connectivity index (χ1v) is 6.71. The highest BCUT2D eigenvalue weighted by molar-refractivity contribution is 5.85. The minimum atomic E-state index is -4.38. The standard InChI is InChI=1S/C14H19F3N2O2.2ClH/c1-20-11-5-3-4-10(12(11)21-2)13(14(15,16)17)19-8-6-18-7-9-19;;/h3-5,13,18H,6-9H2,1-2H3;2*1H/t13-;;/m0../s1. The van der Waals surface area contributed by atoms with Crippen molar-refractivity contribution in [3.8, 4) is 11.5 Å². The molecule has 0 unspecified atom stereocenters. The largest absolute Gasteiger partial charge is 0.493 e. The van der Waals surface area contributed by atoms with Gasteiger partial charge < -0.3 is 14.8 Å².